The molecule has 0 radical (unpaired) electrons. The minimum atomic E-state index is 0.353. The minimum absolute atomic E-state index is 0.353. The van der Waals surface area contributed by atoms with Crippen LogP contribution >= 0.6 is 0 Å². The molecule has 1 aliphatic heterocycles. The Kier molecular flexibility index (Phi) is 3.67. The Balaban J connectivity index is 1.86. The van der Waals surface area contributed by atoms with Crippen LogP contribution in [0.15, 0.2) is 18.2 Å². The molecule has 1 aliphatic rings. The van der Waals surface area contributed by atoms with Gasteiger partial charge in [-0.3, -0.25) is 0 Å². The molecule has 0 saturated carbocycles. The van der Waals surface area contributed by atoms with Crippen LogP contribution in [0.5, 0.6) is 5.75 Å². The lowest BCUT2D eigenvalue weighted by Crippen LogP contribution is -2.24. The highest BCUT2D eigenvalue weighted by Gasteiger charge is 2.13. The van der Waals surface area contributed by atoms with E-state index in [1.54, 1.807) is 6.07 Å². The summed E-state index contributed by atoms with van der Waals surface area (Å²) in [5.74, 6) is 0.967. The number of phenols is 1. The van der Waals surface area contributed by atoms with E-state index in [2.05, 4.69) is 5.32 Å². The Labute approximate surface area is 96.4 Å². The number of rotatable bonds is 3. The average molecular weight is 221 g/mol. The van der Waals surface area contributed by atoms with Gasteiger partial charge < -0.3 is 15.2 Å². The van der Waals surface area contributed by atoms with Crippen molar-refractivity contribution in [2.45, 2.75) is 19.8 Å². The van der Waals surface area contributed by atoms with Gasteiger partial charge in [-0.05, 0) is 49.4 Å². The van der Waals surface area contributed by atoms with E-state index in [9.17, 15) is 5.11 Å². The van der Waals surface area contributed by atoms with Crippen LogP contribution in [0.25, 0.3) is 0 Å². The highest BCUT2D eigenvalue weighted by Crippen LogP contribution is 2.21. The number of hydrogen-bond donors (Lipinski definition) is 2. The van der Waals surface area contributed by atoms with Gasteiger partial charge in [0.25, 0.3) is 0 Å². The maximum absolute atomic E-state index is 9.41. The SMILES string of the molecule is Cc1cc(NCC2CCCOC2)ccc1O. The molecular weight excluding hydrogens is 202 g/mol. The molecule has 1 aromatic carbocycles. The van der Waals surface area contributed by atoms with Crippen molar-refractivity contribution in [1.29, 1.82) is 0 Å². The van der Waals surface area contributed by atoms with E-state index < -0.39 is 0 Å². The molecule has 0 aromatic heterocycles. The van der Waals surface area contributed by atoms with Crippen molar-refractivity contribution in [3.05, 3.63) is 23.8 Å². The van der Waals surface area contributed by atoms with Crippen molar-refractivity contribution in [3.63, 3.8) is 0 Å². The summed E-state index contributed by atoms with van der Waals surface area (Å²) in [6, 6.07) is 5.61. The van der Waals surface area contributed by atoms with Crippen LogP contribution in [0.4, 0.5) is 5.69 Å². The second-order valence-electron chi connectivity index (χ2n) is 4.47. The number of benzene rings is 1. The van der Waals surface area contributed by atoms with Gasteiger partial charge in [0.05, 0.1) is 6.61 Å². The van der Waals surface area contributed by atoms with E-state index in [1.165, 1.54) is 12.8 Å². The molecular formula is C13H19NO2. The van der Waals surface area contributed by atoms with Gasteiger partial charge in [-0.2, -0.15) is 0 Å². The molecule has 3 heteroatoms. The normalized spacial score (nSPS) is 20.7. The molecule has 2 rings (SSSR count). The molecule has 2 N–H and O–H groups in total. The maximum atomic E-state index is 9.41. The number of aromatic hydroxyl groups is 1. The third kappa shape index (κ3) is 2.89. The average Bonchev–Trinajstić information content (AvgIpc) is 2.32. The fourth-order valence-electron chi connectivity index (χ4n) is 2.00. The summed E-state index contributed by atoms with van der Waals surface area (Å²) in [6.07, 6.45) is 2.41. The zero-order valence-electron chi connectivity index (χ0n) is 9.70. The summed E-state index contributed by atoms with van der Waals surface area (Å²) in [6.45, 7) is 4.63. The van der Waals surface area contributed by atoms with Gasteiger partial charge >= 0.3 is 0 Å². The molecule has 0 spiro atoms. The third-order valence-electron chi connectivity index (χ3n) is 3.05. The molecule has 0 aliphatic carbocycles. The Hall–Kier alpha value is -1.22. The summed E-state index contributed by atoms with van der Waals surface area (Å²) < 4.78 is 5.43. The largest absolute Gasteiger partial charge is 0.508 e. The van der Waals surface area contributed by atoms with Crippen molar-refractivity contribution in [2.75, 3.05) is 25.1 Å². The molecule has 1 unspecified atom stereocenters. The summed E-state index contributed by atoms with van der Waals surface area (Å²) in [5.41, 5.74) is 1.98. The predicted octanol–water partition coefficient (Wildman–Crippen LogP) is 2.54. The van der Waals surface area contributed by atoms with E-state index in [0.717, 1.165) is 31.0 Å². The van der Waals surface area contributed by atoms with E-state index in [-0.39, 0.29) is 0 Å². The molecule has 1 heterocycles. The second kappa shape index (κ2) is 5.21. The zero-order valence-corrected chi connectivity index (χ0v) is 9.70. The van der Waals surface area contributed by atoms with E-state index in [0.29, 0.717) is 11.7 Å². The van der Waals surface area contributed by atoms with Crippen LogP contribution < -0.4 is 5.32 Å². The lowest BCUT2D eigenvalue weighted by atomic mass is 10.0. The number of anilines is 1. The predicted molar refractivity (Wildman–Crippen MR) is 64.9 cm³/mol. The number of ether oxygens (including phenoxy) is 1. The Morgan fingerprint density at radius 2 is 2.38 bits per heavy atom. The minimum Gasteiger partial charge on any atom is -0.508 e. The van der Waals surface area contributed by atoms with E-state index in [4.69, 9.17) is 4.74 Å². The van der Waals surface area contributed by atoms with Gasteiger partial charge in [-0.15, -0.1) is 0 Å². The number of aryl methyl sites for hydroxylation is 1. The molecule has 1 aromatic rings. The summed E-state index contributed by atoms with van der Waals surface area (Å²) >= 11 is 0. The Bertz CT molecular complexity index is 346. The first-order valence-electron chi connectivity index (χ1n) is 5.87. The summed E-state index contributed by atoms with van der Waals surface area (Å²) in [5, 5.41) is 12.8. The van der Waals surface area contributed by atoms with Crippen LogP contribution in [-0.2, 0) is 4.74 Å². The molecule has 1 atom stereocenters. The van der Waals surface area contributed by atoms with Gasteiger partial charge in [0, 0.05) is 18.8 Å². The van der Waals surface area contributed by atoms with Gasteiger partial charge in [0.15, 0.2) is 0 Å². The topological polar surface area (TPSA) is 41.5 Å². The Morgan fingerprint density at radius 3 is 3.06 bits per heavy atom. The van der Waals surface area contributed by atoms with Crippen LogP contribution in [0, 0.1) is 12.8 Å². The zero-order chi connectivity index (χ0) is 11.4. The van der Waals surface area contributed by atoms with Crippen molar-refractivity contribution >= 4 is 5.69 Å². The molecule has 0 amide bonds. The number of hydrogen-bond acceptors (Lipinski definition) is 3. The second-order valence-corrected chi connectivity index (χ2v) is 4.47. The van der Waals surface area contributed by atoms with Gasteiger partial charge in [0.2, 0.25) is 0 Å². The van der Waals surface area contributed by atoms with Gasteiger partial charge in [-0.25, -0.2) is 0 Å². The van der Waals surface area contributed by atoms with Gasteiger partial charge in [-0.1, -0.05) is 0 Å². The smallest absolute Gasteiger partial charge is 0.118 e. The van der Waals surface area contributed by atoms with Crippen LogP contribution in [0.2, 0.25) is 0 Å². The van der Waals surface area contributed by atoms with Crippen LogP contribution in [-0.4, -0.2) is 24.9 Å². The quantitative estimate of drug-likeness (QED) is 0.771. The van der Waals surface area contributed by atoms with Crippen LogP contribution in [0.3, 0.4) is 0 Å². The lowest BCUT2D eigenvalue weighted by molar-refractivity contribution is 0.0595. The van der Waals surface area contributed by atoms with E-state index in [1.807, 2.05) is 19.1 Å². The monoisotopic (exact) mass is 221 g/mol. The molecule has 1 fully saturated rings. The van der Waals surface area contributed by atoms with Gasteiger partial charge in [0.1, 0.15) is 5.75 Å². The number of nitrogens with one attached hydrogen (secondary N) is 1. The first-order valence-corrected chi connectivity index (χ1v) is 5.87. The molecule has 3 nitrogen and oxygen atoms in total. The molecule has 88 valence electrons. The first kappa shape index (κ1) is 11.3. The van der Waals surface area contributed by atoms with Crippen molar-refractivity contribution in [3.8, 4) is 5.75 Å². The fraction of sp³-hybridized carbons (Fsp3) is 0.538. The third-order valence-corrected chi connectivity index (χ3v) is 3.05. The van der Waals surface area contributed by atoms with E-state index >= 15 is 0 Å². The molecule has 16 heavy (non-hydrogen) atoms. The fourth-order valence-corrected chi connectivity index (χ4v) is 2.00. The Morgan fingerprint density at radius 1 is 1.50 bits per heavy atom. The first-order chi connectivity index (χ1) is 7.75. The number of phenolic OH excluding ortho intramolecular Hbond substituents is 1. The van der Waals surface area contributed by atoms with Crippen molar-refractivity contribution in [2.24, 2.45) is 5.92 Å². The highest BCUT2D eigenvalue weighted by atomic mass is 16.5. The lowest BCUT2D eigenvalue weighted by Gasteiger charge is -2.22. The molecule has 0 bridgehead atoms. The summed E-state index contributed by atoms with van der Waals surface area (Å²) in [7, 11) is 0. The van der Waals surface area contributed by atoms with Crippen molar-refractivity contribution in [1.82, 2.24) is 0 Å². The molecule has 1 saturated heterocycles. The summed E-state index contributed by atoms with van der Waals surface area (Å²) in [4.78, 5) is 0. The van der Waals surface area contributed by atoms with Crippen molar-refractivity contribution < 1.29 is 9.84 Å². The highest BCUT2D eigenvalue weighted by molar-refractivity contribution is 5.50. The van der Waals surface area contributed by atoms with Crippen LogP contribution in [0.1, 0.15) is 18.4 Å². The standard InChI is InChI=1S/C13H19NO2/c1-10-7-12(4-5-13(10)15)14-8-11-3-2-6-16-9-11/h4-5,7,11,14-15H,2-3,6,8-9H2,1H3. The maximum Gasteiger partial charge on any atom is 0.118 e.